The molecule has 0 aliphatic rings. The van der Waals surface area contributed by atoms with Gasteiger partial charge in [0.25, 0.3) is 0 Å². The summed E-state index contributed by atoms with van der Waals surface area (Å²) in [6, 6.07) is 1.82. The molecule has 1 amide bonds. The lowest BCUT2D eigenvalue weighted by molar-refractivity contribution is -0.120. The molecular weight excluding hydrogens is 184 g/mol. The van der Waals surface area contributed by atoms with E-state index in [1.165, 1.54) is 5.56 Å². The van der Waals surface area contributed by atoms with Gasteiger partial charge in [-0.15, -0.1) is 0 Å². The molecule has 1 unspecified atom stereocenters. The van der Waals surface area contributed by atoms with Crippen LogP contribution in [0.3, 0.4) is 0 Å². The van der Waals surface area contributed by atoms with Gasteiger partial charge in [-0.1, -0.05) is 6.92 Å². The van der Waals surface area contributed by atoms with Crippen molar-refractivity contribution in [2.24, 2.45) is 5.73 Å². The van der Waals surface area contributed by atoms with Gasteiger partial charge in [0, 0.05) is 6.54 Å². The van der Waals surface area contributed by atoms with Crippen LogP contribution in [0.5, 0.6) is 0 Å². The molecule has 0 aromatic carbocycles. The summed E-state index contributed by atoms with van der Waals surface area (Å²) in [5, 5.41) is 7.18. The molecule has 1 rings (SSSR count). The predicted octanol–water partition coefficient (Wildman–Crippen LogP) is 1.10. The number of primary amides is 1. The van der Waals surface area contributed by atoms with Gasteiger partial charge >= 0.3 is 0 Å². The van der Waals surface area contributed by atoms with E-state index in [9.17, 15) is 4.79 Å². The van der Waals surface area contributed by atoms with E-state index in [1.807, 2.05) is 18.4 Å². The highest BCUT2D eigenvalue weighted by Gasteiger charge is 2.10. The largest absolute Gasteiger partial charge is 0.368 e. The van der Waals surface area contributed by atoms with E-state index in [1.54, 1.807) is 11.3 Å². The van der Waals surface area contributed by atoms with Gasteiger partial charge in [0.15, 0.2) is 0 Å². The number of carbonyl (C=O) groups is 1. The maximum Gasteiger partial charge on any atom is 0.234 e. The monoisotopic (exact) mass is 198 g/mol. The van der Waals surface area contributed by atoms with Gasteiger partial charge in [0.1, 0.15) is 0 Å². The first-order valence-electron chi connectivity index (χ1n) is 4.27. The Morgan fingerprint density at radius 1 is 1.77 bits per heavy atom. The van der Waals surface area contributed by atoms with E-state index in [0.717, 1.165) is 6.42 Å². The Morgan fingerprint density at radius 3 is 3.00 bits per heavy atom. The number of nitrogens with two attached hydrogens (primary N) is 1. The standard InChI is InChI=1S/C9H14N2OS/c1-2-8(9(10)12)11-5-7-3-4-13-6-7/h3-4,6,8,11H,2,5H2,1H3,(H2,10,12). The average molecular weight is 198 g/mol. The van der Waals surface area contributed by atoms with Crippen molar-refractivity contribution in [1.82, 2.24) is 5.32 Å². The quantitative estimate of drug-likeness (QED) is 0.744. The fraction of sp³-hybridized carbons (Fsp3) is 0.444. The second-order valence-electron chi connectivity index (χ2n) is 2.88. The van der Waals surface area contributed by atoms with Crippen molar-refractivity contribution in [1.29, 1.82) is 0 Å². The summed E-state index contributed by atoms with van der Waals surface area (Å²) in [6.07, 6.45) is 0.736. The third-order valence-electron chi connectivity index (χ3n) is 1.88. The molecule has 1 aromatic heterocycles. The molecule has 0 fully saturated rings. The number of rotatable bonds is 5. The molecule has 1 aromatic rings. The zero-order valence-corrected chi connectivity index (χ0v) is 8.43. The molecule has 0 spiro atoms. The number of carbonyl (C=O) groups excluding carboxylic acids is 1. The summed E-state index contributed by atoms with van der Waals surface area (Å²) in [5.41, 5.74) is 6.39. The van der Waals surface area contributed by atoms with E-state index in [-0.39, 0.29) is 11.9 Å². The van der Waals surface area contributed by atoms with Crippen molar-refractivity contribution < 1.29 is 4.79 Å². The number of nitrogens with one attached hydrogen (secondary N) is 1. The Bertz CT molecular complexity index is 259. The van der Waals surface area contributed by atoms with Gasteiger partial charge in [-0.05, 0) is 28.8 Å². The summed E-state index contributed by atoms with van der Waals surface area (Å²) in [7, 11) is 0. The number of hydrogen-bond acceptors (Lipinski definition) is 3. The molecule has 0 saturated carbocycles. The maximum absolute atomic E-state index is 10.9. The summed E-state index contributed by atoms with van der Waals surface area (Å²) in [5.74, 6) is -0.280. The minimum Gasteiger partial charge on any atom is -0.368 e. The van der Waals surface area contributed by atoms with E-state index < -0.39 is 0 Å². The first-order chi connectivity index (χ1) is 6.24. The van der Waals surface area contributed by atoms with Crippen LogP contribution in [0.1, 0.15) is 18.9 Å². The summed E-state index contributed by atoms with van der Waals surface area (Å²) >= 11 is 1.65. The molecule has 0 aliphatic carbocycles. The van der Waals surface area contributed by atoms with Crippen LogP contribution in [0.25, 0.3) is 0 Å². The maximum atomic E-state index is 10.9. The second kappa shape index (κ2) is 4.99. The molecular formula is C9H14N2OS. The fourth-order valence-corrected chi connectivity index (χ4v) is 1.75. The van der Waals surface area contributed by atoms with Crippen molar-refractivity contribution in [2.75, 3.05) is 0 Å². The third kappa shape index (κ3) is 3.16. The molecule has 13 heavy (non-hydrogen) atoms. The lowest BCUT2D eigenvalue weighted by atomic mass is 10.2. The minimum atomic E-state index is -0.280. The third-order valence-corrected chi connectivity index (χ3v) is 2.62. The Hall–Kier alpha value is -0.870. The normalized spacial score (nSPS) is 12.7. The molecule has 0 aliphatic heterocycles. The van der Waals surface area contributed by atoms with Crippen molar-refractivity contribution in [2.45, 2.75) is 25.9 Å². The molecule has 4 heteroatoms. The van der Waals surface area contributed by atoms with Gasteiger partial charge in [0.2, 0.25) is 5.91 Å². The van der Waals surface area contributed by atoms with Crippen LogP contribution in [0.4, 0.5) is 0 Å². The first kappa shape index (κ1) is 10.2. The molecule has 72 valence electrons. The van der Waals surface area contributed by atoms with E-state index in [2.05, 4.69) is 10.7 Å². The highest BCUT2D eigenvalue weighted by molar-refractivity contribution is 7.07. The van der Waals surface area contributed by atoms with Crippen LogP contribution in [0, 0.1) is 0 Å². The molecule has 3 N–H and O–H groups in total. The number of hydrogen-bond donors (Lipinski definition) is 2. The van der Waals surface area contributed by atoms with Crippen LogP contribution in [0.15, 0.2) is 16.8 Å². The second-order valence-corrected chi connectivity index (χ2v) is 3.66. The Labute approximate surface area is 81.9 Å². The van der Waals surface area contributed by atoms with Gasteiger partial charge in [-0.3, -0.25) is 4.79 Å². The molecule has 0 radical (unpaired) electrons. The number of amides is 1. The van der Waals surface area contributed by atoms with Crippen LogP contribution < -0.4 is 11.1 Å². The Morgan fingerprint density at radius 2 is 2.54 bits per heavy atom. The Kier molecular flexibility index (Phi) is 3.92. The first-order valence-corrected chi connectivity index (χ1v) is 5.22. The average Bonchev–Trinajstić information content (AvgIpc) is 2.57. The number of thiophene rings is 1. The van der Waals surface area contributed by atoms with Crippen molar-refractivity contribution in [3.63, 3.8) is 0 Å². The summed E-state index contributed by atoms with van der Waals surface area (Å²) in [4.78, 5) is 10.9. The van der Waals surface area contributed by atoms with Crippen molar-refractivity contribution >= 4 is 17.2 Å². The molecule has 3 nitrogen and oxygen atoms in total. The predicted molar refractivity (Wildman–Crippen MR) is 54.4 cm³/mol. The van der Waals surface area contributed by atoms with Crippen molar-refractivity contribution in [3.8, 4) is 0 Å². The van der Waals surface area contributed by atoms with E-state index in [4.69, 9.17) is 5.73 Å². The van der Waals surface area contributed by atoms with E-state index in [0.29, 0.717) is 6.54 Å². The summed E-state index contributed by atoms with van der Waals surface area (Å²) < 4.78 is 0. The Balaban J connectivity index is 2.36. The lowest BCUT2D eigenvalue weighted by Gasteiger charge is -2.11. The smallest absolute Gasteiger partial charge is 0.234 e. The SMILES string of the molecule is CCC(NCc1ccsc1)C(N)=O. The summed E-state index contributed by atoms with van der Waals surface area (Å²) in [6.45, 7) is 2.65. The zero-order valence-electron chi connectivity index (χ0n) is 7.62. The van der Waals surface area contributed by atoms with Crippen LogP contribution in [0.2, 0.25) is 0 Å². The zero-order chi connectivity index (χ0) is 9.68. The molecule has 0 bridgehead atoms. The van der Waals surface area contributed by atoms with Gasteiger partial charge in [-0.25, -0.2) is 0 Å². The minimum absolute atomic E-state index is 0.208. The van der Waals surface area contributed by atoms with Crippen LogP contribution in [-0.4, -0.2) is 11.9 Å². The van der Waals surface area contributed by atoms with E-state index >= 15 is 0 Å². The highest BCUT2D eigenvalue weighted by Crippen LogP contribution is 2.05. The van der Waals surface area contributed by atoms with Crippen LogP contribution in [-0.2, 0) is 11.3 Å². The van der Waals surface area contributed by atoms with Gasteiger partial charge in [-0.2, -0.15) is 11.3 Å². The van der Waals surface area contributed by atoms with Gasteiger partial charge in [0.05, 0.1) is 6.04 Å². The van der Waals surface area contributed by atoms with Crippen molar-refractivity contribution in [3.05, 3.63) is 22.4 Å². The molecule has 1 heterocycles. The fourth-order valence-electron chi connectivity index (χ4n) is 1.08. The molecule has 1 atom stereocenters. The molecule has 0 saturated heterocycles. The van der Waals surface area contributed by atoms with Crippen LogP contribution >= 0.6 is 11.3 Å². The lowest BCUT2D eigenvalue weighted by Crippen LogP contribution is -2.40. The van der Waals surface area contributed by atoms with Gasteiger partial charge < -0.3 is 11.1 Å². The topological polar surface area (TPSA) is 55.1 Å². The highest BCUT2D eigenvalue weighted by atomic mass is 32.1.